The van der Waals surface area contributed by atoms with Crippen molar-refractivity contribution in [3.8, 4) is 0 Å². The molecule has 0 aromatic carbocycles. The molecule has 0 bridgehead atoms. The van der Waals surface area contributed by atoms with Gasteiger partial charge in [0.15, 0.2) is 37.2 Å². The Morgan fingerprint density at radius 1 is 0.560 bits per heavy atom. The van der Waals surface area contributed by atoms with E-state index in [1.54, 1.807) is 0 Å². The summed E-state index contributed by atoms with van der Waals surface area (Å²) >= 11 is 0. The molecule has 6 heterocycles. The van der Waals surface area contributed by atoms with Crippen molar-refractivity contribution in [2.24, 2.45) is 46.3 Å². The van der Waals surface area contributed by atoms with E-state index in [1.807, 2.05) is 6.92 Å². The molecule has 0 radical (unpaired) electrons. The lowest BCUT2D eigenvalue weighted by atomic mass is 9.47. The minimum atomic E-state index is -1.99. The number of hydrogen-bond acceptors (Lipinski definition) is 27. The predicted octanol–water partition coefficient (Wildman–Crippen LogP) is -4.16. The standard InChI is InChI=1S/C57H94O27/c1-21(20-74-50-42(68)40(66)37(63)31(17-58)78-50)9-14-57(73)22(2)34-30(84-57)16-29-27-8-7-25-15-26(10-12-55(25,5)28(27)11-13-56(29,34)6)77-54-49(83-52-44(70)39(65)36(62)24(4)76-52)46(72)48(33(19-60)80-54)82-53-45(71)41(67)47(32(18-59)79-53)81-51-43(69)38(64)35(61)23(3)75-51/h7,21-24,26-54,58-73H,8-20H2,1-6H3. The van der Waals surface area contributed by atoms with E-state index in [9.17, 15) is 81.7 Å². The van der Waals surface area contributed by atoms with Crippen molar-refractivity contribution in [3.05, 3.63) is 11.6 Å². The molecule has 0 aromatic rings. The molecule has 10 aliphatic rings. The molecular weight excluding hydrogens is 1120 g/mol. The quantitative estimate of drug-likeness (QED) is 0.0615. The fourth-order valence-electron chi connectivity index (χ4n) is 16.4. The van der Waals surface area contributed by atoms with Crippen LogP contribution in [0.1, 0.15) is 99.3 Å². The molecule has 36 unspecified atom stereocenters. The monoisotopic (exact) mass is 1210 g/mol. The van der Waals surface area contributed by atoms with E-state index >= 15 is 0 Å². The third-order valence-electron chi connectivity index (χ3n) is 21.6. The smallest absolute Gasteiger partial charge is 0.187 e. The number of aliphatic hydroxyl groups is 16. The first-order valence-corrected chi connectivity index (χ1v) is 30.3. The van der Waals surface area contributed by atoms with Gasteiger partial charge in [-0.1, -0.05) is 39.3 Å². The van der Waals surface area contributed by atoms with Crippen molar-refractivity contribution in [1.29, 1.82) is 0 Å². The van der Waals surface area contributed by atoms with Crippen LogP contribution in [0.25, 0.3) is 0 Å². The lowest BCUT2D eigenvalue weighted by molar-refractivity contribution is -0.395. The van der Waals surface area contributed by atoms with Gasteiger partial charge in [0.2, 0.25) is 0 Å². The van der Waals surface area contributed by atoms with Crippen molar-refractivity contribution < 1.29 is 134 Å². The molecule has 4 aliphatic carbocycles. The SMILES string of the molecule is CC(CCC1(O)OC2CC3C4CC=C5CC(OC6OC(CO)C(OC7OC(CO)C(OC8OC(C)C(O)C(O)C8O)C(O)C7O)C(O)C6OC6OC(C)C(O)C(O)C6O)CCC5(C)C4CCC3(C)C2C1C)COC1OC(CO)C(O)C(O)C1O. The summed E-state index contributed by atoms with van der Waals surface area (Å²) in [5, 5.41) is 172. The molecule has 9 fully saturated rings. The van der Waals surface area contributed by atoms with E-state index in [-0.39, 0.29) is 41.3 Å². The number of hydrogen-bond donors (Lipinski definition) is 16. The number of fused-ring (bicyclic) bond motifs is 7. The van der Waals surface area contributed by atoms with E-state index in [0.29, 0.717) is 43.4 Å². The lowest BCUT2D eigenvalue weighted by Crippen LogP contribution is -2.67. The minimum Gasteiger partial charge on any atom is -0.394 e. The molecule has 84 heavy (non-hydrogen) atoms. The first-order chi connectivity index (χ1) is 39.7. The van der Waals surface area contributed by atoms with Gasteiger partial charge in [0, 0.05) is 12.3 Å². The predicted molar refractivity (Wildman–Crippen MR) is 281 cm³/mol. The van der Waals surface area contributed by atoms with Gasteiger partial charge in [0.1, 0.15) is 110 Å². The van der Waals surface area contributed by atoms with Crippen LogP contribution in [0.5, 0.6) is 0 Å². The minimum absolute atomic E-state index is 0.0981. The first-order valence-electron chi connectivity index (χ1n) is 30.3. The zero-order valence-electron chi connectivity index (χ0n) is 48.5. The van der Waals surface area contributed by atoms with Crippen LogP contribution in [-0.2, 0) is 52.1 Å². The summed E-state index contributed by atoms with van der Waals surface area (Å²) in [5.74, 6) is -0.487. The molecule has 3 saturated carbocycles. The first kappa shape index (κ1) is 65.6. The van der Waals surface area contributed by atoms with E-state index in [4.69, 9.17) is 52.1 Å². The second kappa shape index (κ2) is 25.7. The van der Waals surface area contributed by atoms with Gasteiger partial charge in [-0.25, -0.2) is 0 Å². The lowest BCUT2D eigenvalue weighted by Gasteiger charge is -2.58. The summed E-state index contributed by atoms with van der Waals surface area (Å²) < 4.78 is 66.4. The highest BCUT2D eigenvalue weighted by atomic mass is 16.8. The van der Waals surface area contributed by atoms with Gasteiger partial charge in [-0.2, -0.15) is 0 Å². The summed E-state index contributed by atoms with van der Waals surface area (Å²) in [6, 6.07) is 0. The van der Waals surface area contributed by atoms with Gasteiger partial charge in [-0.05, 0) is 106 Å². The van der Waals surface area contributed by atoms with Crippen LogP contribution >= 0.6 is 0 Å². The summed E-state index contributed by atoms with van der Waals surface area (Å²) in [7, 11) is 0. The second-order valence-corrected chi connectivity index (χ2v) is 26.6. The maximum absolute atomic E-state index is 12.3. The number of aliphatic hydroxyl groups excluding tert-OH is 15. The molecule has 27 nitrogen and oxygen atoms in total. The highest BCUT2D eigenvalue weighted by Gasteiger charge is 2.68. The van der Waals surface area contributed by atoms with E-state index in [0.717, 1.165) is 32.1 Å². The number of allylic oxidation sites excluding steroid dienone is 1. The summed E-state index contributed by atoms with van der Waals surface area (Å²) in [5.41, 5.74) is 0.921. The van der Waals surface area contributed by atoms with Crippen molar-refractivity contribution in [2.75, 3.05) is 26.4 Å². The van der Waals surface area contributed by atoms with Gasteiger partial charge in [0.05, 0.1) is 50.8 Å². The van der Waals surface area contributed by atoms with Gasteiger partial charge < -0.3 is 134 Å². The molecule has 6 saturated heterocycles. The van der Waals surface area contributed by atoms with E-state index in [2.05, 4.69) is 26.8 Å². The maximum Gasteiger partial charge on any atom is 0.187 e. The Kier molecular flexibility index (Phi) is 20.1. The highest BCUT2D eigenvalue weighted by molar-refractivity contribution is 5.26. The topological polar surface area (TPSA) is 425 Å². The molecule has 0 amide bonds. The molecule has 0 aromatic heterocycles. The molecule has 6 aliphatic heterocycles. The number of rotatable bonds is 17. The van der Waals surface area contributed by atoms with Gasteiger partial charge in [-0.15, -0.1) is 0 Å². The zero-order chi connectivity index (χ0) is 60.8. The average molecular weight is 1210 g/mol. The van der Waals surface area contributed by atoms with Crippen LogP contribution in [0.15, 0.2) is 11.6 Å². The second-order valence-electron chi connectivity index (χ2n) is 26.6. The third-order valence-corrected chi connectivity index (χ3v) is 21.6. The van der Waals surface area contributed by atoms with Crippen LogP contribution in [0.3, 0.4) is 0 Å². The van der Waals surface area contributed by atoms with Crippen LogP contribution in [0, 0.1) is 46.3 Å². The Labute approximate surface area is 487 Å². The number of ether oxygens (including phenoxy) is 11. The fourth-order valence-corrected chi connectivity index (χ4v) is 16.4. The molecule has 27 heteroatoms. The normalized spacial score (nSPS) is 55.3. The van der Waals surface area contributed by atoms with Crippen LogP contribution < -0.4 is 0 Å². The van der Waals surface area contributed by atoms with E-state index in [1.165, 1.54) is 19.4 Å². The third kappa shape index (κ3) is 11.9. The summed E-state index contributed by atoms with van der Waals surface area (Å²) in [4.78, 5) is 0. The Morgan fingerprint density at radius 2 is 1.08 bits per heavy atom. The zero-order valence-corrected chi connectivity index (χ0v) is 48.5. The van der Waals surface area contributed by atoms with Crippen molar-refractivity contribution in [3.63, 3.8) is 0 Å². The Bertz CT molecular complexity index is 2220. The molecule has 484 valence electrons. The van der Waals surface area contributed by atoms with Crippen molar-refractivity contribution in [1.82, 2.24) is 0 Å². The Balaban J connectivity index is 0.791. The average Bonchev–Trinajstić information content (AvgIpc) is 1.51. The Morgan fingerprint density at radius 3 is 1.69 bits per heavy atom. The largest absolute Gasteiger partial charge is 0.394 e. The van der Waals surface area contributed by atoms with Crippen molar-refractivity contribution >= 4 is 0 Å². The van der Waals surface area contributed by atoms with E-state index < -0.39 is 185 Å². The fraction of sp³-hybridized carbons (Fsp3) is 0.965. The molecule has 36 atom stereocenters. The van der Waals surface area contributed by atoms with Crippen LogP contribution in [0.4, 0.5) is 0 Å². The maximum atomic E-state index is 12.3. The van der Waals surface area contributed by atoms with Crippen molar-refractivity contribution in [2.45, 2.75) is 271 Å². The van der Waals surface area contributed by atoms with Gasteiger partial charge in [0.25, 0.3) is 0 Å². The highest BCUT2D eigenvalue weighted by Crippen LogP contribution is 2.70. The Hall–Kier alpha value is -1.34. The molecule has 10 rings (SSSR count). The summed E-state index contributed by atoms with van der Waals surface area (Å²) in [6.45, 7) is 9.51. The molecular formula is C57H94O27. The summed E-state index contributed by atoms with van der Waals surface area (Å²) in [6.07, 6.45) is -31.3. The molecule has 0 spiro atoms. The van der Waals surface area contributed by atoms with Gasteiger partial charge in [-0.3, -0.25) is 0 Å². The van der Waals surface area contributed by atoms with Crippen LogP contribution in [0.2, 0.25) is 0 Å². The molecule has 16 N–H and O–H groups in total. The van der Waals surface area contributed by atoms with Gasteiger partial charge >= 0.3 is 0 Å². The van der Waals surface area contributed by atoms with Crippen LogP contribution in [-0.4, -0.2) is 280 Å².